The number of amides is 1. The molecule has 0 saturated carbocycles. The number of anilines is 1. The zero-order valence-corrected chi connectivity index (χ0v) is 13.8. The molecule has 7 nitrogen and oxygen atoms in total. The lowest BCUT2D eigenvalue weighted by Gasteiger charge is -2.25. The van der Waals surface area contributed by atoms with Crippen LogP contribution in [0.2, 0.25) is 0 Å². The molecule has 1 amide bonds. The van der Waals surface area contributed by atoms with Crippen molar-refractivity contribution in [2.24, 2.45) is 0 Å². The average molecular weight is 317 g/mol. The summed E-state index contributed by atoms with van der Waals surface area (Å²) >= 11 is 0. The van der Waals surface area contributed by atoms with Crippen LogP contribution < -0.4 is 10.2 Å². The van der Waals surface area contributed by atoms with Gasteiger partial charge < -0.3 is 19.9 Å². The first-order valence-electron chi connectivity index (χ1n) is 7.96. The first-order chi connectivity index (χ1) is 10.9. The topological polar surface area (TPSA) is 83.1 Å². The van der Waals surface area contributed by atoms with E-state index in [4.69, 9.17) is 4.74 Å². The van der Waals surface area contributed by atoms with Crippen LogP contribution in [0.1, 0.15) is 33.6 Å². The van der Waals surface area contributed by atoms with Crippen LogP contribution in [0.5, 0.6) is 0 Å². The maximum atomic E-state index is 11.8. The number of nitrogens with one attached hydrogen (secondary N) is 2. The van der Waals surface area contributed by atoms with Crippen LogP contribution in [-0.2, 0) is 4.74 Å². The number of H-pyrrole nitrogens is 1. The molecule has 0 radical (unpaired) electrons. The summed E-state index contributed by atoms with van der Waals surface area (Å²) in [6.45, 7) is 7.03. The Balaban J connectivity index is 1.65. The fraction of sp³-hybridized carbons (Fsp3) is 0.562. The van der Waals surface area contributed by atoms with Crippen LogP contribution in [0.4, 0.5) is 10.7 Å². The monoisotopic (exact) mass is 317 g/mol. The van der Waals surface area contributed by atoms with Gasteiger partial charge in [-0.25, -0.2) is 9.78 Å². The van der Waals surface area contributed by atoms with Gasteiger partial charge in [-0.3, -0.25) is 0 Å². The van der Waals surface area contributed by atoms with Gasteiger partial charge in [-0.05, 0) is 45.7 Å². The van der Waals surface area contributed by atoms with Crippen molar-refractivity contribution >= 4 is 23.2 Å². The Morgan fingerprint density at radius 2 is 2.35 bits per heavy atom. The smallest absolute Gasteiger partial charge is 0.407 e. The Kier molecular flexibility index (Phi) is 4.11. The lowest BCUT2D eigenvalue weighted by Crippen LogP contribution is -2.42. The van der Waals surface area contributed by atoms with E-state index < -0.39 is 5.60 Å². The van der Waals surface area contributed by atoms with Crippen molar-refractivity contribution in [1.82, 2.24) is 20.3 Å². The number of hydrogen-bond acceptors (Lipinski definition) is 5. The van der Waals surface area contributed by atoms with Crippen molar-refractivity contribution in [2.45, 2.75) is 45.3 Å². The van der Waals surface area contributed by atoms with Gasteiger partial charge in [-0.1, -0.05) is 0 Å². The molecule has 0 unspecified atom stereocenters. The number of hydrogen-bond donors (Lipinski definition) is 2. The third-order valence-corrected chi connectivity index (χ3v) is 3.78. The van der Waals surface area contributed by atoms with Gasteiger partial charge in [-0.15, -0.1) is 0 Å². The summed E-state index contributed by atoms with van der Waals surface area (Å²) in [4.78, 5) is 26.1. The average Bonchev–Trinajstić information content (AvgIpc) is 3.09. The molecule has 1 aliphatic rings. The molecule has 1 saturated heterocycles. The zero-order chi connectivity index (χ0) is 16.4. The van der Waals surface area contributed by atoms with Crippen molar-refractivity contribution in [3.63, 3.8) is 0 Å². The summed E-state index contributed by atoms with van der Waals surface area (Å²) < 4.78 is 5.28. The second-order valence-electron chi connectivity index (χ2n) is 6.81. The third kappa shape index (κ3) is 3.72. The van der Waals surface area contributed by atoms with Crippen LogP contribution in [0.25, 0.3) is 11.2 Å². The second kappa shape index (κ2) is 6.06. The molecule has 0 bridgehead atoms. The fourth-order valence-electron chi connectivity index (χ4n) is 2.81. The number of nitrogens with zero attached hydrogens (tertiary/aromatic N) is 3. The second-order valence-corrected chi connectivity index (χ2v) is 6.81. The number of fused-ring (bicyclic) bond motifs is 1. The summed E-state index contributed by atoms with van der Waals surface area (Å²) in [5.41, 5.74) is 1.16. The SMILES string of the molecule is CC(C)(C)OC(=O)NC[C@H]1CCCN1c1nc2ncccc2[nH]1. The molecule has 1 atom stereocenters. The number of ether oxygens (including phenoxy) is 1. The van der Waals surface area contributed by atoms with Crippen LogP contribution in [0.3, 0.4) is 0 Å². The lowest BCUT2D eigenvalue weighted by molar-refractivity contribution is 0.0525. The number of imidazole rings is 1. The zero-order valence-electron chi connectivity index (χ0n) is 13.8. The van der Waals surface area contributed by atoms with Crippen molar-refractivity contribution < 1.29 is 9.53 Å². The predicted octanol–water partition coefficient (Wildman–Crippen LogP) is 2.45. The van der Waals surface area contributed by atoms with Gasteiger partial charge in [-0.2, -0.15) is 4.98 Å². The first-order valence-corrected chi connectivity index (χ1v) is 7.96. The molecule has 2 aromatic rings. The fourth-order valence-corrected chi connectivity index (χ4v) is 2.81. The molecular weight excluding hydrogens is 294 g/mol. The van der Waals surface area contributed by atoms with E-state index in [2.05, 4.69) is 25.2 Å². The number of alkyl carbamates (subject to hydrolysis) is 1. The number of pyridine rings is 1. The molecule has 3 heterocycles. The molecule has 2 N–H and O–H groups in total. The Bertz CT molecular complexity index is 658. The molecule has 0 aromatic carbocycles. The highest BCUT2D eigenvalue weighted by atomic mass is 16.6. The summed E-state index contributed by atoms with van der Waals surface area (Å²) in [5.74, 6) is 0.812. The summed E-state index contributed by atoms with van der Waals surface area (Å²) in [6.07, 6.45) is 3.44. The number of aromatic nitrogens is 3. The van der Waals surface area contributed by atoms with E-state index >= 15 is 0 Å². The molecule has 124 valence electrons. The minimum Gasteiger partial charge on any atom is -0.444 e. The van der Waals surface area contributed by atoms with Crippen molar-refractivity contribution in [1.29, 1.82) is 0 Å². The predicted molar refractivity (Wildman–Crippen MR) is 88.5 cm³/mol. The van der Waals surface area contributed by atoms with Crippen LogP contribution in [0, 0.1) is 0 Å². The van der Waals surface area contributed by atoms with Gasteiger partial charge in [0, 0.05) is 25.3 Å². The van der Waals surface area contributed by atoms with Gasteiger partial charge in [0.05, 0.1) is 5.52 Å². The molecular formula is C16H23N5O2. The molecule has 2 aromatic heterocycles. The summed E-state index contributed by atoms with van der Waals surface area (Å²) in [6, 6.07) is 4.06. The molecule has 1 fully saturated rings. The van der Waals surface area contributed by atoms with E-state index in [0.29, 0.717) is 12.2 Å². The molecule has 1 aliphatic heterocycles. The Labute approximate surface area is 135 Å². The normalized spacial score (nSPS) is 18.4. The highest BCUT2D eigenvalue weighted by Gasteiger charge is 2.28. The maximum Gasteiger partial charge on any atom is 0.407 e. The summed E-state index contributed by atoms with van der Waals surface area (Å²) in [5, 5.41) is 2.85. The lowest BCUT2D eigenvalue weighted by atomic mass is 10.2. The Morgan fingerprint density at radius 3 is 3.09 bits per heavy atom. The minimum atomic E-state index is -0.482. The van der Waals surface area contributed by atoms with Gasteiger partial charge >= 0.3 is 6.09 Å². The van der Waals surface area contributed by atoms with E-state index in [1.807, 2.05) is 32.9 Å². The van der Waals surface area contributed by atoms with E-state index in [1.165, 1.54) is 0 Å². The highest BCUT2D eigenvalue weighted by Crippen LogP contribution is 2.24. The summed E-state index contributed by atoms with van der Waals surface area (Å²) in [7, 11) is 0. The molecule has 0 aliphatic carbocycles. The standard InChI is InChI=1S/C16H23N5O2/c1-16(2,3)23-15(22)18-10-11-6-5-9-21(11)14-19-12-7-4-8-17-13(12)20-14/h4,7-8,11H,5-6,9-10H2,1-3H3,(H,18,22)(H,17,19,20)/t11-/m1/s1. The number of carbonyl (C=O) groups excluding carboxylic acids is 1. The van der Waals surface area contributed by atoms with Crippen LogP contribution in [-0.4, -0.2) is 45.8 Å². The van der Waals surface area contributed by atoms with Gasteiger partial charge in [0.15, 0.2) is 5.65 Å². The molecule has 7 heteroatoms. The molecule has 3 rings (SSSR count). The minimum absolute atomic E-state index is 0.211. The quantitative estimate of drug-likeness (QED) is 0.908. The van der Waals surface area contributed by atoms with E-state index in [0.717, 1.165) is 30.9 Å². The van der Waals surface area contributed by atoms with Gasteiger partial charge in [0.1, 0.15) is 5.60 Å². The largest absolute Gasteiger partial charge is 0.444 e. The third-order valence-electron chi connectivity index (χ3n) is 3.78. The molecule has 23 heavy (non-hydrogen) atoms. The van der Waals surface area contributed by atoms with Crippen LogP contribution in [0.15, 0.2) is 18.3 Å². The van der Waals surface area contributed by atoms with E-state index in [-0.39, 0.29) is 12.1 Å². The first kappa shape index (κ1) is 15.6. The number of rotatable bonds is 3. The van der Waals surface area contributed by atoms with Crippen LogP contribution >= 0.6 is 0 Å². The maximum absolute atomic E-state index is 11.8. The highest BCUT2D eigenvalue weighted by molar-refractivity contribution is 5.73. The van der Waals surface area contributed by atoms with Gasteiger partial charge in [0.25, 0.3) is 0 Å². The molecule has 0 spiro atoms. The number of carbonyl (C=O) groups is 1. The van der Waals surface area contributed by atoms with E-state index in [1.54, 1.807) is 6.20 Å². The number of aromatic amines is 1. The van der Waals surface area contributed by atoms with Crippen molar-refractivity contribution in [2.75, 3.05) is 18.0 Å². The Morgan fingerprint density at radius 1 is 1.52 bits per heavy atom. The van der Waals surface area contributed by atoms with Crippen molar-refractivity contribution in [3.8, 4) is 0 Å². The van der Waals surface area contributed by atoms with Crippen molar-refractivity contribution in [3.05, 3.63) is 18.3 Å². The van der Waals surface area contributed by atoms with E-state index in [9.17, 15) is 4.79 Å². The van der Waals surface area contributed by atoms with Gasteiger partial charge in [0.2, 0.25) is 5.95 Å². The Hall–Kier alpha value is -2.31.